The molecular formula is C18H26N2O9. The molecule has 0 spiro atoms. The first-order chi connectivity index (χ1) is 13.7. The minimum absolute atomic E-state index is 0.0973. The number of rotatable bonds is 10. The van der Waals surface area contributed by atoms with Crippen molar-refractivity contribution in [3.8, 4) is 0 Å². The molecule has 0 aromatic carbocycles. The van der Waals surface area contributed by atoms with Gasteiger partial charge in [-0.3, -0.25) is 0 Å². The Labute approximate surface area is 167 Å². The molecule has 0 amide bonds. The van der Waals surface area contributed by atoms with Gasteiger partial charge in [0.05, 0.1) is 20.5 Å². The smallest absolute Gasteiger partial charge is 0.358 e. The van der Waals surface area contributed by atoms with E-state index in [0.29, 0.717) is 19.1 Å². The summed E-state index contributed by atoms with van der Waals surface area (Å²) >= 11 is 0. The Kier molecular flexibility index (Phi) is 9.62. The fraction of sp³-hybridized carbons (Fsp3) is 0.556. The molecular weight excluding hydrogens is 388 g/mol. The van der Waals surface area contributed by atoms with Crippen LogP contribution < -0.4 is 0 Å². The highest BCUT2D eigenvalue weighted by Gasteiger charge is 2.36. The van der Waals surface area contributed by atoms with Crippen LogP contribution in [0, 0.1) is 0 Å². The predicted octanol–water partition coefficient (Wildman–Crippen LogP) is -0.420. The molecule has 4 unspecified atom stereocenters. The van der Waals surface area contributed by atoms with Crippen LogP contribution >= 0.6 is 0 Å². The highest BCUT2D eigenvalue weighted by Crippen LogP contribution is 2.30. The second kappa shape index (κ2) is 11.4. The van der Waals surface area contributed by atoms with Gasteiger partial charge >= 0.3 is 11.9 Å². The van der Waals surface area contributed by atoms with Crippen molar-refractivity contribution in [2.45, 2.75) is 50.6 Å². The lowest BCUT2D eigenvalue weighted by Gasteiger charge is -2.27. The number of esters is 2. The quantitative estimate of drug-likeness (QED) is 0.248. The molecule has 11 nitrogen and oxygen atoms in total. The summed E-state index contributed by atoms with van der Waals surface area (Å²) in [6.45, 7) is 1.87. The second-order valence-electron chi connectivity index (χ2n) is 6.13. The molecule has 5 N–H and O–H groups in total. The highest BCUT2D eigenvalue weighted by molar-refractivity contribution is 5.93. The van der Waals surface area contributed by atoms with E-state index >= 15 is 0 Å². The zero-order valence-corrected chi connectivity index (χ0v) is 16.3. The van der Waals surface area contributed by atoms with E-state index < -0.39 is 42.0 Å². The van der Waals surface area contributed by atoms with E-state index in [1.807, 2.05) is 6.92 Å². The molecule has 0 aliphatic heterocycles. The topological polar surface area (TPSA) is 180 Å². The van der Waals surface area contributed by atoms with Gasteiger partial charge in [-0.25, -0.2) is 9.59 Å². The van der Waals surface area contributed by atoms with E-state index in [0.717, 1.165) is 20.3 Å². The molecule has 4 atom stereocenters. The van der Waals surface area contributed by atoms with Crippen molar-refractivity contribution in [3.05, 3.63) is 34.9 Å². The van der Waals surface area contributed by atoms with Gasteiger partial charge in [0.1, 0.15) is 24.4 Å². The Hall–Kier alpha value is -2.60. The van der Waals surface area contributed by atoms with Crippen LogP contribution in [0.2, 0.25) is 0 Å². The normalized spacial score (nSPS) is 15.6. The van der Waals surface area contributed by atoms with Crippen LogP contribution in [0.1, 0.15) is 58.0 Å². The summed E-state index contributed by atoms with van der Waals surface area (Å²) in [7, 11) is 2.19. The fourth-order valence-electron chi connectivity index (χ4n) is 2.68. The predicted molar refractivity (Wildman–Crippen MR) is 98.1 cm³/mol. The fourth-order valence-corrected chi connectivity index (χ4v) is 2.68. The molecule has 1 heterocycles. The third-order valence-electron chi connectivity index (χ3n) is 4.26. The molecule has 1 aromatic rings. The third kappa shape index (κ3) is 5.70. The van der Waals surface area contributed by atoms with Crippen LogP contribution in [0.15, 0.2) is 12.3 Å². The van der Waals surface area contributed by atoms with Crippen LogP contribution in [0.5, 0.6) is 0 Å². The summed E-state index contributed by atoms with van der Waals surface area (Å²) in [4.78, 5) is 24.3. The first-order valence-electron chi connectivity index (χ1n) is 8.84. The van der Waals surface area contributed by atoms with Crippen molar-refractivity contribution in [2.24, 2.45) is 0 Å². The van der Waals surface area contributed by atoms with Gasteiger partial charge in [-0.1, -0.05) is 13.3 Å². The van der Waals surface area contributed by atoms with Gasteiger partial charge in [0.2, 0.25) is 0 Å². The average Bonchev–Trinajstić information content (AvgIpc) is 2.74. The number of aliphatic hydroxyl groups excluding tert-OH is 5. The van der Waals surface area contributed by atoms with Crippen molar-refractivity contribution in [1.82, 2.24) is 10.2 Å². The van der Waals surface area contributed by atoms with Gasteiger partial charge in [0.15, 0.2) is 11.4 Å². The lowest BCUT2D eigenvalue weighted by Crippen LogP contribution is -2.41. The summed E-state index contributed by atoms with van der Waals surface area (Å²) in [6.07, 6.45) is -4.98. The van der Waals surface area contributed by atoms with Crippen molar-refractivity contribution in [2.75, 3.05) is 14.2 Å². The zero-order valence-electron chi connectivity index (χ0n) is 16.3. The molecule has 162 valence electrons. The molecule has 0 aliphatic carbocycles. The number of aliphatic hydroxyl groups is 5. The maximum atomic E-state index is 12.2. The number of hydrogen-bond donors (Lipinski definition) is 5. The molecule has 0 saturated heterocycles. The molecule has 0 fully saturated rings. The first kappa shape index (κ1) is 24.4. The van der Waals surface area contributed by atoms with E-state index in [2.05, 4.69) is 19.7 Å². The molecule has 1 aromatic heterocycles. The van der Waals surface area contributed by atoms with Gasteiger partial charge < -0.3 is 35.0 Å². The molecule has 1 rings (SSSR count). The SMILES string of the molecule is CCCCc1c(C(=O)OC)nnc(C(=O)OC)c1C(O)C(O)C(O)C(O)C=CO. The third-order valence-corrected chi connectivity index (χ3v) is 4.26. The van der Waals surface area contributed by atoms with Crippen LogP contribution in [-0.4, -0.2) is 80.2 Å². The van der Waals surface area contributed by atoms with Crippen LogP contribution in [0.4, 0.5) is 0 Å². The Balaban J connectivity index is 3.63. The maximum Gasteiger partial charge on any atom is 0.358 e. The van der Waals surface area contributed by atoms with Crippen molar-refractivity contribution in [1.29, 1.82) is 0 Å². The van der Waals surface area contributed by atoms with E-state index in [1.165, 1.54) is 0 Å². The maximum absolute atomic E-state index is 12.2. The van der Waals surface area contributed by atoms with E-state index in [1.54, 1.807) is 0 Å². The summed E-state index contributed by atoms with van der Waals surface area (Å²) in [5.74, 6) is -1.86. The highest BCUT2D eigenvalue weighted by atomic mass is 16.5. The second-order valence-corrected chi connectivity index (χ2v) is 6.13. The lowest BCUT2D eigenvalue weighted by molar-refractivity contribution is -0.0952. The van der Waals surface area contributed by atoms with Crippen LogP contribution in [0.25, 0.3) is 0 Å². The number of carbonyl (C=O) groups is 2. The average molecular weight is 414 g/mol. The number of methoxy groups -OCH3 is 2. The van der Waals surface area contributed by atoms with Crippen molar-refractivity contribution in [3.63, 3.8) is 0 Å². The molecule has 11 heteroatoms. The minimum atomic E-state index is -2.01. The zero-order chi connectivity index (χ0) is 22.1. The van der Waals surface area contributed by atoms with Gasteiger partial charge in [-0.05, 0) is 24.5 Å². The van der Waals surface area contributed by atoms with Gasteiger partial charge in [-0.15, -0.1) is 10.2 Å². The molecule has 0 bridgehead atoms. The van der Waals surface area contributed by atoms with Crippen LogP contribution in [-0.2, 0) is 15.9 Å². The summed E-state index contributed by atoms with van der Waals surface area (Å²) in [5, 5.41) is 56.9. The van der Waals surface area contributed by atoms with E-state index in [9.17, 15) is 30.0 Å². The van der Waals surface area contributed by atoms with E-state index in [4.69, 9.17) is 5.11 Å². The molecule has 29 heavy (non-hydrogen) atoms. The Morgan fingerprint density at radius 3 is 2.07 bits per heavy atom. The van der Waals surface area contributed by atoms with Crippen molar-refractivity contribution < 1.29 is 44.6 Å². The summed E-state index contributed by atoms with van der Waals surface area (Å²) in [5.41, 5.74) is -0.898. The summed E-state index contributed by atoms with van der Waals surface area (Å²) in [6, 6.07) is 0. The lowest BCUT2D eigenvalue weighted by atomic mass is 9.90. The van der Waals surface area contributed by atoms with Gasteiger partial charge in [0, 0.05) is 5.56 Å². The molecule has 0 saturated carbocycles. The van der Waals surface area contributed by atoms with E-state index in [-0.39, 0.29) is 23.2 Å². The Morgan fingerprint density at radius 1 is 1.00 bits per heavy atom. The minimum Gasteiger partial charge on any atom is -0.516 e. The number of unbranched alkanes of at least 4 members (excludes halogenated alkanes) is 1. The molecule has 0 radical (unpaired) electrons. The number of hydrogen-bond acceptors (Lipinski definition) is 11. The Morgan fingerprint density at radius 2 is 1.55 bits per heavy atom. The summed E-state index contributed by atoms with van der Waals surface area (Å²) < 4.78 is 9.30. The number of aromatic nitrogens is 2. The number of carbonyl (C=O) groups excluding carboxylic acids is 2. The van der Waals surface area contributed by atoms with Gasteiger partial charge in [-0.2, -0.15) is 0 Å². The standard InChI is InChI=1S/C18H26N2O9/c1-4-5-6-9-11(15(24)16(25)14(23)10(22)7-8-21)13(18(27)29-3)20-19-12(9)17(26)28-2/h7-8,10,14-16,21-25H,4-6H2,1-3H3. The number of nitrogens with zero attached hydrogens (tertiary/aromatic N) is 2. The largest absolute Gasteiger partial charge is 0.516 e. The molecule has 0 aliphatic rings. The number of ether oxygens (including phenoxy) is 2. The van der Waals surface area contributed by atoms with Crippen LogP contribution in [0.3, 0.4) is 0 Å². The Bertz CT molecular complexity index is 738. The first-order valence-corrected chi connectivity index (χ1v) is 8.84. The monoisotopic (exact) mass is 414 g/mol. The van der Waals surface area contributed by atoms with Crippen molar-refractivity contribution >= 4 is 11.9 Å². The van der Waals surface area contributed by atoms with Gasteiger partial charge in [0.25, 0.3) is 0 Å².